The maximum absolute atomic E-state index is 12.5. The van der Waals surface area contributed by atoms with Gasteiger partial charge < -0.3 is 17.8 Å². The molecular formula is C6H6ClF2N2-. The lowest BCUT2D eigenvalue weighted by Crippen LogP contribution is -3.00. The predicted molar refractivity (Wildman–Crippen MR) is 34.2 cm³/mol. The molecule has 0 saturated carbocycles. The number of halogens is 3. The van der Waals surface area contributed by atoms with Crippen LogP contribution in [0.2, 0.25) is 0 Å². The summed E-state index contributed by atoms with van der Waals surface area (Å²) in [6.45, 7) is 0. The van der Waals surface area contributed by atoms with E-state index in [9.17, 15) is 8.78 Å². The fourth-order valence-corrected chi connectivity index (χ4v) is 0.607. The van der Waals surface area contributed by atoms with Crippen molar-refractivity contribution in [1.82, 2.24) is 0 Å². The smallest absolute Gasteiger partial charge is 0.150 e. The van der Waals surface area contributed by atoms with Gasteiger partial charge in [-0.05, 0) is 12.1 Å². The van der Waals surface area contributed by atoms with Gasteiger partial charge in [-0.3, -0.25) is 5.84 Å². The Morgan fingerprint density at radius 2 is 1.91 bits per heavy atom. The van der Waals surface area contributed by atoms with Crippen LogP contribution >= 0.6 is 0 Å². The van der Waals surface area contributed by atoms with Crippen molar-refractivity contribution >= 4 is 5.69 Å². The topological polar surface area (TPSA) is 38.0 Å². The summed E-state index contributed by atoms with van der Waals surface area (Å²) >= 11 is 0. The van der Waals surface area contributed by atoms with Crippen LogP contribution in [0.5, 0.6) is 0 Å². The third-order valence-electron chi connectivity index (χ3n) is 1.09. The van der Waals surface area contributed by atoms with Gasteiger partial charge in [0, 0.05) is 6.07 Å². The van der Waals surface area contributed by atoms with Crippen LogP contribution in [0.1, 0.15) is 0 Å². The Labute approximate surface area is 68.8 Å². The molecular weight excluding hydrogens is 174 g/mol. The molecule has 0 fully saturated rings. The molecule has 0 spiro atoms. The van der Waals surface area contributed by atoms with E-state index in [0.717, 1.165) is 12.1 Å². The minimum absolute atomic E-state index is 0. The number of hydrogen-bond acceptors (Lipinski definition) is 2. The highest BCUT2D eigenvalue weighted by atomic mass is 35.5. The second kappa shape index (κ2) is 4.10. The Balaban J connectivity index is 0.000001000. The van der Waals surface area contributed by atoms with Crippen molar-refractivity contribution in [3.63, 3.8) is 0 Å². The van der Waals surface area contributed by atoms with Gasteiger partial charge in [0.25, 0.3) is 0 Å². The van der Waals surface area contributed by atoms with Gasteiger partial charge in [-0.25, -0.2) is 8.78 Å². The first-order chi connectivity index (χ1) is 4.74. The number of rotatable bonds is 1. The lowest BCUT2D eigenvalue weighted by molar-refractivity contribution is -0.00000335. The first-order valence-corrected chi connectivity index (χ1v) is 2.65. The van der Waals surface area contributed by atoms with E-state index in [1.54, 1.807) is 0 Å². The molecule has 1 aromatic rings. The van der Waals surface area contributed by atoms with Crippen LogP contribution in [0.15, 0.2) is 18.2 Å². The van der Waals surface area contributed by atoms with Gasteiger partial charge >= 0.3 is 0 Å². The van der Waals surface area contributed by atoms with Crippen LogP contribution in [0.4, 0.5) is 14.5 Å². The monoisotopic (exact) mass is 179 g/mol. The zero-order valence-corrected chi connectivity index (χ0v) is 6.20. The number of nitrogen functional groups attached to an aromatic ring is 1. The maximum atomic E-state index is 12.5. The van der Waals surface area contributed by atoms with E-state index >= 15 is 0 Å². The van der Waals surface area contributed by atoms with E-state index in [0.29, 0.717) is 0 Å². The largest absolute Gasteiger partial charge is 1.00 e. The molecule has 0 heterocycles. The molecule has 3 N–H and O–H groups in total. The summed E-state index contributed by atoms with van der Waals surface area (Å²) in [5, 5.41) is 0. The molecule has 0 saturated heterocycles. The number of benzene rings is 1. The molecule has 1 rings (SSSR count). The summed E-state index contributed by atoms with van der Waals surface area (Å²) in [4.78, 5) is 0. The second-order valence-corrected chi connectivity index (χ2v) is 1.77. The number of nitrogens with two attached hydrogens (primary N) is 1. The standard InChI is InChI=1S/C6H6F2N2.ClH/c7-4-1-2-6(10-9)5(8)3-4;/h1-3,10H,9H2;1H/p-1. The van der Waals surface area contributed by atoms with Gasteiger partial charge in [-0.2, -0.15) is 0 Å². The van der Waals surface area contributed by atoms with Crippen LogP contribution in [0, 0.1) is 11.6 Å². The van der Waals surface area contributed by atoms with Gasteiger partial charge in [-0.1, -0.05) is 0 Å². The van der Waals surface area contributed by atoms with Gasteiger partial charge in [0.15, 0.2) is 5.82 Å². The SMILES string of the molecule is NNc1ccc(F)cc1F.[Cl-]. The van der Waals surface area contributed by atoms with Gasteiger partial charge in [0.1, 0.15) is 5.82 Å². The van der Waals surface area contributed by atoms with Crippen molar-refractivity contribution < 1.29 is 21.2 Å². The maximum Gasteiger partial charge on any atom is 0.150 e. The third-order valence-corrected chi connectivity index (χ3v) is 1.09. The average Bonchev–Trinajstić information content (AvgIpc) is 1.88. The quantitative estimate of drug-likeness (QED) is 0.397. The highest BCUT2D eigenvalue weighted by Crippen LogP contribution is 2.12. The molecule has 0 radical (unpaired) electrons. The molecule has 1 aromatic carbocycles. The van der Waals surface area contributed by atoms with E-state index in [-0.39, 0.29) is 18.1 Å². The molecule has 2 nitrogen and oxygen atoms in total. The Hall–Kier alpha value is -0.870. The van der Waals surface area contributed by atoms with E-state index in [4.69, 9.17) is 5.84 Å². The molecule has 0 aromatic heterocycles. The van der Waals surface area contributed by atoms with Crippen molar-refractivity contribution in [2.24, 2.45) is 5.84 Å². The van der Waals surface area contributed by atoms with Gasteiger partial charge in [-0.15, -0.1) is 0 Å². The lowest BCUT2D eigenvalue weighted by Gasteiger charge is -1.99. The van der Waals surface area contributed by atoms with Crippen molar-refractivity contribution in [2.75, 3.05) is 5.43 Å². The van der Waals surface area contributed by atoms with Crippen LogP contribution < -0.4 is 23.7 Å². The van der Waals surface area contributed by atoms with Crippen molar-refractivity contribution in [1.29, 1.82) is 0 Å². The minimum atomic E-state index is -0.692. The molecule has 0 amide bonds. The second-order valence-electron chi connectivity index (χ2n) is 1.77. The van der Waals surface area contributed by atoms with Crippen molar-refractivity contribution in [3.05, 3.63) is 29.8 Å². The molecule has 0 aliphatic carbocycles. The Morgan fingerprint density at radius 1 is 1.27 bits per heavy atom. The number of anilines is 1. The Kier molecular flexibility index (Phi) is 3.78. The first kappa shape index (κ1) is 10.1. The van der Waals surface area contributed by atoms with Crippen LogP contribution in [-0.4, -0.2) is 0 Å². The Bertz CT molecular complexity index is 242. The van der Waals surface area contributed by atoms with Crippen LogP contribution in [0.3, 0.4) is 0 Å². The summed E-state index contributed by atoms with van der Waals surface area (Å²) in [5.41, 5.74) is 2.17. The zero-order valence-electron chi connectivity index (χ0n) is 5.44. The number of hydrogen-bond donors (Lipinski definition) is 2. The van der Waals surface area contributed by atoms with Crippen LogP contribution in [-0.2, 0) is 0 Å². The molecule has 62 valence electrons. The molecule has 0 bridgehead atoms. The highest BCUT2D eigenvalue weighted by molar-refractivity contribution is 5.43. The zero-order chi connectivity index (χ0) is 7.56. The molecule has 11 heavy (non-hydrogen) atoms. The normalized spacial score (nSPS) is 8.64. The summed E-state index contributed by atoms with van der Waals surface area (Å²) < 4.78 is 24.6. The summed E-state index contributed by atoms with van der Waals surface area (Å²) in [6, 6.07) is 3.11. The van der Waals surface area contributed by atoms with Crippen LogP contribution in [0.25, 0.3) is 0 Å². The van der Waals surface area contributed by atoms with E-state index in [1.807, 2.05) is 0 Å². The molecule has 5 heteroatoms. The molecule has 0 aliphatic heterocycles. The molecule has 0 unspecified atom stereocenters. The fraction of sp³-hybridized carbons (Fsp3) is 0. The van der Waals surface area contributed by atoms with E-state index in [1.165, 1.54) is 6.07 Å². The highest BCUT2D eigenvalue weighted by Gasteiger charge is 1.99. The van der Waals surface area contributed by atoms with Crippen molar-refractivity contribution in [3.8, 4) is 0 Å². The minimum Gasteiger partial charge on any atom is -1.00 e. The van der Waals surface area contributed by atoms with E-state index < -0.39 is 11.6 Å². The first-order valence-electron chi connectivity index (χ1n) is 2.65. The van der Waals surface area contributed by atoms with Gasteiger partial charge in [0.05, 0.1) is 5.69 Å². The van der Waals surface area contributed by atoms with Crippen molar-refractivity contribution in [2.45, 2.75) is 0 Å². The third kappa shape index (κ3) is 2.32. The number of nitrogens with one attached hydrogen (secondary N) is 1. The van der Waals surface area contributed by atoms with E-state index in [2.05, 4.69) is 5.43 Å². The summed E-state index contributed by atoms with van der Waals surface area (Å²) in [5.74, 6) is 3.58. The predicted octanol–water partition coefficient (Wildman–Crippen LogP) is -1.75. The summed E-state index contributed by atoms with van der Waals surface area (Å²) in [7, 11) is 0. The summed E-state index contributed by atoms with van der Waals surface area (Å²) in [6.07, 6.45) is 0. The molecule has 0 atom stereocenters. The Morgan fingerprint density at radius 3 is 2.36 bits per heavy atom. The number of hydrazine groups is 1. The lowest BCUT2D eigenvalue weighted by atomic mass is 10.3. The fourth-order valence-electron chi connectivity index (χ4n) is 0.607. The average molecular weight is 180 g/mol. The van der Waals surface area contributed by atoms with Gasteiger partial charge in [0.2, 0.25) is 0 Å². The molecule has 0 aliphatic rings.